The summed E-state index contributed by atoms with van der Waals surface area (Å²) in [7, 11) is 0. The van der Waals surface area contributed by atoms with Gasteiger partial charge in [0.1, 0.15) is 5.60 Å². The van der Waals surface area contributed by atoms with Crippen LogP contribution in [0.1, 0.15) is 46.5 Å². The lowest BCUT2D eigenvalue weighted by Crippen LogP contribution is -2.51. The first-order valence-corrected chi connectivity index (χ1v) is 6.54. The van der Waals surface area contributed by atoms with E-state index in [9.17, 15) is 14.7 Å². The summed E-state index contributed by atoms with van der Waals surface area (Å²) in [4.78, 5) is 25.0. The Kier molecular flexibility index (Phi) is 3.25. The van der Waals surface area contributed by atoms with Gasteiger partial charge in [-0.25, -0.2) is 4.79 Å². The molecule has 0 saturated carbocycles. The predicted octanol–water partition coefficient (Wildman–Crippen LogP) is 2.25. The molecule has 5 nitrogen and oxygen atoms in total. The molecule has 0 aromatic carbocycles. The van der Waals surface area contributed by atoms with Gasteiger partial charge in [-0.15, -0.1) is 0 Å². The Morgan fingerprint density at radius 2 is 1.78 bits per heavy atom. The molecule has 2 saturated heterocycles. The topological polar surface area (TPSA) is 66.8 Å². The number of aliphatic carboxylic acids is 1. The van der Waals surface area contributed by atoms with Gasteiger partial charge in [-0.3, -0.25) is 4.79 Å². The summed E-state index contributed by atoms with van der Waals surface area (Å²) in [6.07, 6.45) is 2.76. The second-order valence-electron chi connectivity index (χ2n) is 6.21. The first kappa shape index (κ1) is 13.2. The number of rotatable bonds is 1. The standard InChI is InChI=1S/C13H21NO4/c1-13(2,3)18-12(17)14-8-4-6-9(11(15)16)10(14)7-5-8/h8-10H,4-7H2,1-3H3,(H,15,16)/t8-,9-,10-/m0/s1. The minimum absolute atomic E-state index is 0.167. The number of carboxylic acid groups (broad SMARTS) is 1. The van der Waals surface area contributed by atoms with Crippen LogP contribution < -0.4 is 0 Å². The van der Waals surface area contributed by atoms with Crippen molar-refractivity contribution < 1.29 is 19.4 Å². The molecule has 2 heterocycles. The predicted molar refractivity (Wildman–Crippen MR) is 65.2 cm³/mol. The van der Waals surface area contributed by atoms with Crippen molar-refractivity contribution in [2.45, 2.75) is 64.1 Å². The van der Waals surface area contributed by atoms with E-state index in [2.05, 4.69) is 0 Å². The largest absolute Gasteiger partial charge is 0.481 e. The maximum Gasteiger partial charge on any atom is 0.410 e. The molecule has 0 spiro atoms. The SMILES string of the molecule is CC(C)(C)OC(=O)N1[C@H]2CC[C@H](C(=O)O)[C@@H]1CC2. The lowest BCUT2D eigenvalue weighted by molar-refractivity contribution is -0.145. The summed E-state index contributed by atoms with van der Waals surface area (Å²) in [6, 6.07) is -0.0171. The average Bonchev–Trinajstić information content (AvgIpc) is 2.49. The number of carboxylic acids is 1. The molecular formula is C13H21NO4. The van der Waals surface area contributed by atoms with Crippen LogP contribution in [0, 0.1) is 5.92 Å². The van der Waals surface area contributed by atoms with E-state index in [1.54, 1.807) is 4.90 Å². The second-order valence-corrected chi connectivity index (χ2v) is 6.21. The summed E-state index contributed by atoms with van der Waals surface area (Å²) >= 11 is 0. The molecule has 0 aromatic rings. The Bertz CT molecular complexity index is 360. The van der Waals surface area contributed by atoms with Gasteiger partial charge in [0, 0.05) is 12.1 Å². The van der Waals surface area contributed by atoms with Crippen molar-refractivity contribution in [3.8, 4) is 0 Å². The van der Waals surface area contributed by atoms with Crippen LogP contribution in [0.3, 0.4) is 0 Å². The molecular weight excluding hydrogens is 234 g/mol. The minimum atomic E-state index is -0.797. The highest BCUT2D eigenvalue weighted by Gasteiger charge is 2.48. The Labute approximate surface area is 107 Å². The summed E-state index contributed by atoms with van der Waals surface area (Å²) in [6.45, 7) is 5.47. The zero-order chi connectivity index (χ0) is 13.5. The van der Waals surface area contributed by atoms with Crippen LogP contribution >= 0.6 is 0 Å². The Hall–Kier alpha value is -1.26. The third-order valence-electron chi connectivity index (χ3n) is 3.74. The van der Waals surface area contributed by atoms with E-state index in [-0.39, 0.29) is 18.2 Å². The Balaban J connectivity index is 2.13. The van der Waals surface area contributed by atoms with Gasteiger partial charge in [-0.05, 0) is 46.5 Å². The Morgan fingerprint density at radius 3 is 2.33 bits per heavy atom. The molecule has 5 heteroatoms. The van der Waals surface area contributed by atoms with Gasteiger partial charge in [-0.1, -0.05) is 0 Å². The maximum absolute atomic E-state index is 12.2. The van der Waals surface area contributed by atoms with Gasteiger partial charge in [0.15, 0.2) is 0 Å². The minimum Gasteiger partial charge on any atom is -0.481 e. The molecule has 102 valence electrons. The molecule has 0 radical (unpaired) electrons. The quantitative estimate of drug-likeness (QED) is 0.780. The summed E-state index contributed by atoms with van der Waals surface area (Å²) in [5.41, 5.74) is -0.535. The summed E-state index contributed by atoms with van der Waals surface area (Å²) in [5.74, 6) is -1.23. The molecule has 2 bridgehead atoms. The number of hydrogen-bond donors (Lipinski definition) is 1. The molecule has 1 amide bonds. The smallest absolute Gasteiger partial charge is 0.410 e. The average molecular weight is 255 g/mol. The highest BCUT2D eigenvalue weighted by atomic mass is 16.6. The van der Waals surface area contributed by atoms with E-state index in [1.165, 1.54) is 0 Å². The van der Waals surface area contributed by atoms with Crippen molar-refractivity contribution in [3.05, 3.63) is 0 Å². The first-order valence-electron chi connectivity index (χ1n) is 6.54. The van der Waals surface area contributed by atoms with Crippen molar-refractivity contribution in [2.24, 2.45) is 5.92 Å². The fourth-order valence-electron chi connectivity index (χ4n) is 3.04. The normalized spacial score (nSPS) is 31.3. The molecule has 0 aliphatic carbocycles. The molecule has 0 aromatic heterocycles. The van der Waals surface area contributed by atoms with Crippen LogP contribution in [-0.2, 0) is 9.53 Å². The van der Waals surface area contributed by atoms with Gasteiger partial charge in [0.25, 0.3) is 0 Å². The summed E-state index contributed by atoms with van der Waals surface area (Å²) < 4.78 is 5.38. The van der Waals surface area contributed by atoms with E-state index in [1.807, 2.05) is 20.8 Å². The van der Waals surface area contributed by atoms with Crippen LogP contribution in [0.25, 0.3) is 0 Å². The van der Waals surface area contributed by atoms with Crippen LogP contribution in [0.4, 0.5) is 4.79 Å². The van der Waals surface area contributed by atoms with Crippen LogP contribution in [0.5, 0.6) is 0 Å². The van der Waals surface area contributed by atoms with Crippen molar-refractivity contribution in [3.63, 3.8) is 0 Å². The molecule has 1 N–H and O–H groups in total. The fourth-order valence-corrected chi connectivity index (χ4v) is 3.04. The number of fused-ring (bicyclic) bond motifs is 2. The second kappa shape index (κ2) is 4.44. The zero-order valence-corrected chi connectivity index (χ0v) is 11.2. The fraction of sp³-hybridized carbons (Fsp3) is 0.846. The molecule has 2 aliphatic heterocycles. The van der Waals surface area contributed by atoms with Gasteiger partial charge >= 0.3 is 12.1 Å². The monoisotopic (exact) mass is 255 g/mol. The van der Waals surface area contributed by atoms with E-state index >= 15 is 0 Å². The third-order valence-corrected chi connectivity index (χ3v) is 3.74. The van der Waals surface area contributed by atoms with E-state index in [0.29, 0.717) is 6.42 Å². The van der Waals surface area contributed by atoms with Crippen molar-refractivity contribution in [2.75, 3.05) is 0 Å². The maximum atomic E-state index is 12.2. The number of carbonyl (C=O) groups excluding carboxylic acids is 1. The lowest BCUT2D eigenvalue weighted by Gasteiger charge is -2.38. The zero-order valence-electron chi connectivity index (χ0n) is 11.2. The van der Waals surface area contributed by atoms with E-state index in [0.717, 1.165) is 19.3 Å². The molecule has 2 aliphatic rings. The number of ether oxygens (including phenoxy) is 1. The van der Waals surface area contributed by atoms with Crippen molar-refractivity contribution >= 4 is 12.1 Å². The van der Waals surface area contributed by atoms with Gasteiger partial charge in [0.2, 0.25) is 0 Å². The number of piperidine rings is 1. The van der Waals surface area contributed by atoms with Gasteiger partial charge in [-0.2, -0.15) is 0 Å². The molecule has 0 unspecified atom stereocenters. The van der Waals surface area contributed by atoms with Crippen LogP contribution in [0.2, 0.25) is 0 Å². The number of nitrogens with zero attached hydrogens (tertiary/aromatic N) is 1. The highest BCUT2D eigenvalue weighted by Crippen LogP contribution is 2.40. The summed E-state index contributed by atoms with van der Waals surface area (Å²) in [5, 5.41) is 9.21. The highest BCUT2D eigenvalue weighted by molar-refractivity contribution is 5.75. The van der Waals surface area contributed by atoms with E-state index < -0.39 is 17.5 Å². The Morgan fingerprint density at radius 1 is 1.17 bits per heavy atom. The van der Waals surface area contributed by atoms with Crippen molar-refractivity contribution in [1.29, 1.82) is 0 Å². The lowest BCUT2D eigenvalue weighted by atomic mass is 9.90. The van der Waals surface area contributed by atoms with E-state index in [4.69, 9.17) is 4.74 Å². The van der Waals surface area contributed by atoms with Crippen LogP contribution in [-0.4, -0.2) is 39.8 Å². The van der Waals surface area contributed by atoms with Crippen molar-refractivity contribution in [1.82, 2.24) is 4.90 Å². The molecule has 2 fully saturated rings. The first-order chi connectivity index (χ1) is 8.29. The molecule has 3 atom stereocenters. The number of hydrogen-bond acceptors (Lipinski definition) is 3. The number of amides is 1. The van der Waals surface area contributed by atoms with Gasteiger partial charge in [0.05, 0.1) is 5.92 Å². The van der Waals surface area contributed by atoms with Crippen LogP contribution in [0.15, 0.2) is 0 Å². The molecule has 2 rings (SSSR count). The number of carbonyl (C=O) groups is 2. The van der Waals surface area contributed by atoms with Gasteiger partial charge < -0.3 is 14.7 Å². The molecule has 18 heavy (non-hydrogen) atoms. The third kappa shape index (κ3) is 2.44.